The summed E-state index contributed by atoms with van der Waals surface area (Å²) < 4.78 is 39.5. The van der Waals surface area contributed by atoms with Gasteiger partial charge in [0.15, 0.2) is 0 Å². The Balaban J connectivity index is 2.13. The van der Waals surface area contributed by atoms with Crippen molar-refractivity contribution in [1.29, 1.82) is 0 Å². The highest BCUT2D eigenvalue weighted by Gasteiger charge is 2.44. The summed E-state index contributed by atoms with van der Waals surface area (Å²) in [6, 6.07) is 0. The standard InChI is InChI=1S/C9H11ClFN3O4S/c1-13-6(10)2-12-9(13)19(17,18)14-3-5(4-14)7(11)8(15)16/h2,5,7H,3-4H2,1H3,(H,15,16). The predicted molar refractivity (Wildman–Crippen MR) is 63.0 cm³/mol. The zero-order valence-corrected chi connectivity index (χ0v) is 11.4. The Bertz CT molecular complexity index is 611. The average Bonchev–Trinajstić information content (AvgIpc) is 2.57. The van der Waals surface area contributed by atoms with E-state index in [1.54, 1.807) is 0 Å². The van der Waals surface area contributed by atoms with Gasteiger partial charge in [0.25, 0.3) is 10.0 Å². The molecule has 1 N–H and O–H groups in total. The maximum absolute atomic E-state index is 13.2. The van der Waals surface area contributed by atoms with Crippen LogP contribution in [0, 0.1) is 5.92 Å². The maximum atomic E-state index is 13.2. The quantitative estimate of drug-likeness (QED) is 0.852. The third-order valence-electron chi connectivity index (χ3n) is 2.99. The zero-order valence-electron chi connectivity index (χ0n) is 9.82. The molecule has 1 aromatic heterocycles. The number of rotatable bonds is 4. The van der Waals surface area contributed by atoms with Gasteiger partial charge in [-0.3, -0.25) is 0 Å². The van der Waals surface area contributed by atoms with E-state index in [-0.39, 0.29) is 23.4 Å². The highest BCUT2D eigenvalue weighted by Crippen LogP contribution is 2.28. The normalized spacial score (nSPS) is 19.1. The zero-order chi connectivity index (χ0) is 14.4. The van der Waals surface area contributed by atoms with Crippen molar-refractivity contribution in [2.24, 2.45) is 13.0 Å². The molecule has 1 aliphatic heterocycles. The molecule has 19 heavy (non-hydrogen) atoms. The number of nitrogens with zero attached hydrogens (tertiary/aromatic N) is 3. The van der Waals surface area contributed by atoms with Crippen molar-refractivity contribution in [3.05, 3.63) is 11.3 Å². The summed E-state index contributed by atoms with van der Waals surface area (Å²) in [6.45, 7) is -0.361. The lowest BCUT2D eigenvalue weighted by Gasteiger charge is -2.37. The second-order valence-corrected chi connectivity index (χ2v) is 6.46. The lowest BCUT2D eigenvalue weighted by Crippen LogP contribution is -2.55. The third-order valence-corrected chi connectivity index (χ3v) is 5.16. The highest BCUT2D eigenvalue weighted by molar-refractivity contribution is 7.89. The van der Waals surface area contributed by atoms with E-state index < -0.39 is 28.1 Å². The second kappa shape index (κ2) is 4.73. The van der Waals surface area contributed by atoms with Crippen LogP contribution in [0.25, 0.3) is 0 Å². The third kappa shape index (κ3) is 2.33. The van der Waals surface area contributed by atoms with Crippen LogP contribution in [0.4, 0.5) is 4.39 Å². The van der Waals surface area contributed by atoms with E-state index >= 15 is 0 Å². The summed E-state index contributed by atoms with van der Waals surface area (Å²) >= 11 is 5.70. The number of imidazole rings is 1. The predicted octanol–water partition coefficient (Wildman–Crippen LogP) is 0.117. The molecule has 7 nitrogen and oxygen atoms in total. The average molecular weight is 312 g/mol. The van der Waals surface area contributed by atoms with Crippen molar-refractivity contribution >= 4 is 27.6 Å². The summed E-state index contributed by atoms with van der Waals surface area (Å²) in [4.78, 5) is 14.1. The molecular weight excluding hydrogens is 301 g/mol. The maximum Gasteiger partial charge on any atom is 0.338 e. The van der Waals surface area contributed by atoms with E-state index in [1.165, 1.54) is 17.8 Å². The van der Waals surface area contributed by atoms with Crippen LogP contribution in [0.2, 0.25) is 5.15 Å². The minimum absolute atomic E-state index is 0.157. The molecule has 1 aliphatic rings. The van der Waals surface area contributed by atoms with Gasteiger partial charge in [0.2, 0.25) is 11.3 Å². The molecule has 2 heterocycles. The summed E-state index contributed by atoms with van der Waals surface area (Å²) in [5.74, 6) is -2.41. The number of hydrogen-bond donors (Lipinski definition) is 1. The molecule has 0 saturated carbocycles. The van der Waals surface area contributed by atoms with E-state index in [9.17, 15) is 17.6 Å². The molecule has 0 bridgehead atoms. The van der Waals surface area contributed by atoms with Crippen LogP contribution in [0.3, 0.4) is 0 Å². The number of aliphatic carboxylic acids is 1. The van der Waals surface area contributed by atoms with Crippen LogP contribution >= 0.6 is 11.6 Å². The number of sulfonamides is 1. The fraction of sp³-hybridized carbons (Fsp3) is 0.556. The van der Waals surface area contributed by atoms with Gasteiger partial charge in [-0.1, -0.05) is 11.6 Å². The van der Waals surface area contributed by atoms with E-state index in [4.69, 9.17) is 16.7 Å². The molecule has 1 unspecified atom stereocenters. The van der Waals surface area contributed by atoms with Crippen molar-refractivity contribution in [2.45, 2.75) is 11.3 Å². The molecule has 0 aliphatic carbocycles. The van der Waals surface area contributed by atoms with Crippen molar-refractivity contribution in [2.75, 3.05) is 13.1 Å². The number of carbonyl (C=O) groups is 1. The summed E-state index contributed by atoms with van der Waals surface area (Å²) in [6.07, 6.45) is -0.864. The molecule has 10 heteroatoms. The molecule has 0 radical (unpaired) electrons. The summed E-state index contributed by atoms with van der Waals surface area (Å²) in [5, 5.41) is 8.40. The van der Waals surface area contributed by atoms with Crippen LogP contribution in [-0.2, 0) is 21.9 Å². The van der Waals surface area contributed by atoms with E-state index in [2.05, 4.69) is 4.98 Å². The first kappa shape index (κ1) is 14.2. The summed E-state index contributed by atoms with van der Waals surface area (Å²) in [5.41, 5.74) is 0. The van der Waals surface area contributed by atoms with Gasteiger partial charge < -0.3 is 9.67 Å². The van der Waals surface area contributed by atoms with E-state index in [0.717, 1.165) is 4.31 Å². The van der Waals surface area contributed by atoms with Gasteiger partial charge in [0.05, 0.1) is 6.20 Å². The van der Waals surface area contributed by atoms with Crippen LogP contribution in [0.15, 0.2) is 11.4 Å². The van der Waals surface area contributed by atoms with Crippen molar-refractivity contribution in [3.63, 3.8) is 0 Å². The number of alkyl halides is 1. The van der Waals surface area contributed by atoms with Gasteiger partial charge in [-0.25, -0.2) is 22.6 Å². The first-order valence-electron chi connectivity index (χ1n) is 5.29. The SMILES string of the molecule is Cn1c(Cl)cnc1S(=O)(=O)N1CC(C(F)C(=O)O)C1. The smallest absolute Gasteiger partial charge is 0.338 e. The number of carboxylic acid groups (broad SMARTS) is 1. The fourth-order valence-corrected chi connectivity index (χ4v) is 3.60. The van der Waals surface area contributed by atoms with Crippen molar-refractivity contribution in [1.82, 2.24) is 13.9 Å². The monoisotopic (exact) mass is 311 g/mol. The minimum Gasteiger partial charge on any atom is -0.479 e. The Labute approximate surface area is 113 Å². The number of halogens is 2. The molecule has 1 atom stereocenters. The van der Waals surface area contributed by atoms with E-state index in [0.29, 0.717) is 0 Å². The molecule has 1 aromatic rings. The molecule has 2 rings (SSSR count). The van der Waals surface area contributed by atoms with Crippen LogP contribution in [0.5, 0.6) is 0 Å². The first-order chi connectivity index (χ1) is 8.75. The van der Waals surface area contributed by atoms with E-state index in [1.807, 2.05) is 0 Å². The first-order valence-corrected chi connectivity index (χ1v) is 7.11. The van der Waals surface area contributed by atoms with Crippen molar-refractivity contribution in [3.8, 4) is 0 Å². The molecule has 0 amide bonds. The van der Waals surface area contributed by atoms with Gasteiger partial charge in [0.1, 0.15) is 5.15 Å². The molecular formula is C9H11ClFN3O4S. The van der Waals surface area contributed by atoms with Gasteiger partial charge in [-0.05, 0) is 0 Å². The number of aromatic nitrogens is 2. The molecule has 0 spiro atoms. The van der Waals surface area contributed by atoms with Crippen LogP contribution in [-0.4, -0.2) is 52.6 Å². The highest BCUT2D eigenvalue weighted by atomic mass is 35.5. The molecule has 1 fully saturated rings. The Morgan fingerprint density at radius 1 is 1.63 bits per heavy atom. The molecule has 1 saturated heterocycles. The topological polar surface area (TPSA) is 92.5 Å². The second-order valence-electron chi connectivity index (χ2n) is 4.24. The lowest BCUT2D eigenvalue weighted by atomic mass is 9.98. The minimum atomic E-state index is -3.86. The van der Waals surface area contributed by atoms with Gasteiger partial charge in [0, 0.05) is 26.1 Å². The van der Waals surface area contributed by atoms with Crippen LogP contribution in [0.1, 0.15) is 0 Å². The molecule has 106 valence electrons. The largest absolute Gasteiger partial charge is 0.479 e. The van der Waals surface area contributed by atoms with Gasteiger partial charge >= 0.3 is 5.97 Å². The Morgan fingerprint density at radius 2 is 2.21 bits per heavy atom. The number of hydrogen-bond acceptors (Lipinski definition) is 4. The fourth-order valence-electron chi connectivity index (χ4n) is 1.78. The van der Waals surface area contributed by atoms with Crippen molar-refractivity contribution < 1.29 is 22.7 Å². The van der Waals surface area contributed by atoms with Crippen LogP contribution < -0.4 is 0 Å². The Hall–Kier alpha value is -1.19. The Morgan fingerprint density at radius 3 is 2.63 bits per heavy atom. The van der Waals surface area contributed by atoms with Gasteiger partial charge in [-0.2, -0.15) is 4.31 Å². The Kier molecular flexibility index (Phi) is 3.54. The lowest BCUT2D eigenvalue weighted by molar-refractivity contribution is -0.146. The number of carboxylic acids is 1. The molecule has 0 aromatic carbocycles. The summed E-state index contributed by atoms with van der Waals surface area (Å²) in [7, 11) is -2.42. The van der Waals surface area contributed by atoms with Gasteiger partial charge in [-0.15, -0.1) is 0 Å².